The molecule has 0 aliphatic heterocycles. The van der Waals surface area contributed by atoms with Crippen molar-refractivity contribution < 1.29 is 4.74 Å². The van der Waals surface area contributed by atoms with Crippen LogP contribution in [0.3, 0.4) is 0 Å². The predicted molar refractivity (Wildman–Crippen MR) is 94.8 cm³/mol. The molecule has 4 rings (SSSR count). The van der Waals surface area contributed by atoms with Gasteiger partial charge in [0.05, 0.1) is 11.9 Å². The maximum atomic E-state index is 12.8. The molecule has 2 aromatic heterocycles. The van der Waals surface area contributed by atoms with E-state index in [-0.39, 0.29) is 5.56 Å². The van der Waals surface area contributed by atoms with E-state index in [1.165, 1.54) is 15.1 Å². The van der Waals surface area contributed by atoms with Gasteiger partial charge in [-0.25, -0.2) is 4.68 Å². The zero-order valence-corrected chi connectivity index (χ0v) is 14.4. The van der Waals surface area contributed by atoms with Gasteiger partial charge in [0.15, 0.2) is 4.83 Å². The molecule has 1 atom stereocenters. The van der Waals surface area contributed by atoms with Crippen molar-refractivity contribution in [3.8, 4) is 5.75 Å². The van der Waals surface area contributed by atoms with Crippen molar-refractivity contribution in [3.05, 3.63) is 51.1 Å². The summed E-state index contributed by atoms with van der Waals surface area (Å²) in [5.41, 5.74) is 1.16. The maximum absolute atomic E-state index is 12.8. The Kier molecular flexibility index (Phi) is 4.06. The van der Waals surface area contributed by atoms with Crippen LogP contribution in [0.15, 0.2) is 35.1 Å². The number of hydrogen-bond donors (Lipinski definition) is 0. The van der Waals surface area contributed by atoms with E-state index in [4.69, 9.17) is 4.74 Å². The fourth-order valence-corrected chi connectivity index (χ4v) is 4.52. The van der Waals surface area contributed by atoms with Crippen molar-refractivity contribution >= 4 is 21.6 Å². The molecular formula is C18H19N3O2S. The van der Waals surface area contributed by atoms with Crippen LogP contribution in [0.5, 0.6) is 5.75 Å². The minimum Gasteiger partial charge on any atom is -0.492 e. The third-order valence-electron chi connectivity index (χ3n) is 4.50. The van der Waals surface area contributed by atoms with Crippen LogP contribution in [0.4, 0.5) is 0 Å². The van der Waals surface area contributed by atoms with E-state index in [1.807, 2.05) is 30.3 Å². The molecule has 0 saturated heterocycles. The molecule has 1 aliphatic carbocycles. The van der Waals surface area contributed by atoms with Crippen LogP contribution in [0, 0.1) is 5.92 Å². The van der Waals surface area contributed by atoms with Gasteiger partial charge < -0.3 is 4.74 Å². The molecule has 0 fully saturated rings. The van der Waals surface area contributed by atoms with Crippen molar-refractivity contribution in [2.75, 3.05) is 6.61 Å². The number of fused-ring (bicyclic) bond motifs is 3. The zero-order valence-electron chi connectivity index (χ0n) is 13.6. The van der Waals surface area contributed by atoms with Crippen LogP contribution >= 0.6 is 11.3 Å². The van der Waals surface area contributed by atoms with E-state index in [1.54, 1.807) is 11.3 Å². The topological polar surface area (TPSA) is 57.0 Å². The van der Waals surface area contributed by atoms with Gasteiger partial charge in [0, 0.05) is 4.88 Å². The summed E-state index contributed by atoms with van der Waals surface area (Å²) in [6.07, 6.45) is 3.16. The van der Waals surface area contributed by atoms with Crippen LogP contribution < -0.4 is 10.3 Å². The summed E-state index contributed by atoms with van der Waals surface area (Å²) in [4.78, 5) is 14.9. The molecule has 1 aromatic carbocycles. The first-order chi connectivity index (χ1) is 11.7. The van der Waals surface area contributed by atoms with Crippen LogP contribution in [0.1, 0.15) is 23.8 Å². The summed E-state index contributed by atoms with van der Waals surface area (Å²) >= 11 is 1.63. The van der Waals surface area contributed by atoms with Crippen molar-refractivity contribution in [1.29, 1.82) is 0 Å². The lowest BCUT2D eigenvalue weighted by molar-refractivity contribution is 0.285. The van der Waals surface area contributed by atoms with Crippen LogP contribution in [-0.4, -0.2) is 21.6 Å². The van der Waals surface area contributed by atoms with Crippen LogP contribution in [0.25, 0.3) is 10.2 Å². The lowest BCUT2D eigenvalue weighted by Crippen LogP contribution is -2.27. The minimum atomic E-state index is -0.0382. The van der Waals surface area contributed by atoms with Gasteiger partial charge in [-0.1, -0.05) is 30.3 Å². The SMILES string of the molecule is C[C@H]1CCc2c(sc3nnn(CCOc4ccccc4)c(=O)c23)C1. The van der Waals surface area contributed by atoms with Gasteiger partial charge in [0.1, 0.15) is 12.4 Å². The first-order valence-electron chi connectivity index (χ1n) is 8.28. The van der Waals surface area contributed by atoms with Gasteiger partial charge in [0.25, 0.3) is 5.56 Å². The fraction of sp³-hybridized carbons (Fsp3) is 0.389. The summed E-state index contributed by atoms with van der Waals surface area (Å²) in [6, 6.07) is 9.58. The summed E-state index contributed by atoms with van der Waals surface area (Å²) in [6.45, 7) is 3.06. The van der Waals surface area contributed by atoms with Crippen molar-refractivity contribution in [3.63, 3.8) is 0 Å². The molecule has 0 spiro atoms. The number of aromatic nitrogens is 3. The number of ether oxygens (including phenoxy) is 1. The lowest BCUT2D eigenvalue weighted by Gasteiger charge is -2.17. The molecule has 0 bridgehead atoms. The van der Waals surface area contributed by atoms with Gasteiger partial charge in [-0.15, -0.1) is 16.4 Å². The molecule has 124 valence electrons. The Balaban J connectivity index is 1.58. The standard InChI is InChI=1S/C18H19N3O2S/c1-12-7-8-14-15(11-12)24-17-16(14)18(22)21(20-19-17)9-10-23-13-5-3-2-4-6-13/h2-6,12H,7-11H2,1H3/t12-/m0/s1. The number of aryl methyl sites for hydroxylation is 1. The summed E-state index contributed by atoms with van der Waals surface area (Å²) in [5.74, 6) is 1.47. The highest BCUT2D eigenvalue weighted by Crippen LogP contribution is 2.35. The molecular weight excluding hydrogens is 322 g/mol. The maximum Gasteiger partial charge on any atom is 0.278 e. The molecule has 6 heteroatoms. The molecule has 0 N–H and O–H groups in total. The number of hydrogen-bond acceptors (Lipinski definition) is 5. The Labute approximate surface area is 143 Å². The first kappa shape index (κ1) is 15.3. The Morgan fingerprint density at radius 1 is 1.33 bits per heavy atom. The predicted octanol–water partition coefficient (Wildman–Crippen LogP) is 3.06. The number of benzene rings is 1. The third kappa shape index (κ3) is 2.82. The Hall–Kier alpha value is -2.21. The summed E-state index contributed by atoms with van der Waals surface area (Å²) in [5, 5.41) is 9.13. The van der Waals surface area contributed by atoms with E-state index in [0.717, 1.165) is 35.2 Å². The normalized spacial score (nSPS) is 17.0. The van der Waals surface area contributed by atoms with E-state index >= 15 is 0 Å². The van der Waals surface area contributed by atoms with Crippen LogP contribution in [-0.2, 0) is 19.4 Å². The second-order valence-electron chi connectivity index (χ2n) is 6.31. The van der Waals surface area contributed by atoms with Gasteiger partial charge >= 0.3 is 0 Å². The van der Waals surface area contributed by atoms with Gasteiger partial charge in [-0.2, -0.15) is 0 Å². The van der Waals surface area contributed by atoms with Crippen molar-refractivity contribution in [1.82, 2.24) is 15.0 Å². The fourth-order valence-electron chi connectivity index (χ4n) is 3.20. The molecule has 0 amide bonds. The molecule has 3 aromatic rings. The molecule has 0 radical (unpaired) electrons. The van der Waals surface area contributed by atoms with E-state index in [2.05, 4.69) is 17.2 Å². The molecule has 0 saturated carbocycles. The number of thiophene rings is 1. The molecule has 2 heterocycles. The highest BCUT2D eigenvalue weighted by atomic mass is 32.1. The van der Waals surface area contributed by atoms with Crippen molar-refractivity contribution in [2.24, 2.45) is 5.92 Å². The molecule has 0 unspecified atom stereocenters. The molecule has 5 nitrogen and oxygen atoms in total. The lowest BCUT2D eigenvalue weighted by atomic mass is 9.89. The molecule has 1 aliphatic rings. The minimum absolute atomic E-state index is 0.0382. The number of para-hydroxylation sites is 1. The molecule has 24 heavy (non-hydrogen) atoms. The van der Waals surface area contributed by atoms with E-state index in [0.29, 0.717) is 19.1 Å². The van der Waals surface area contributed by atoms with E-state index < -0.39 is 0 Å². The van der Waals surface area contributed by atoms with Gasteiger partial charge in [-0.3, -0.25) is 4.79 Å². The second-order valence-corrected chi connectivity index (χ2v) is 7.39. The summed E-state index contributed by atoms with van der Waals surface area (Å²) < 4.78 is 7.09. The Morgan fingerprint density at radius 2 is 2.17 bits per heavy atom. The Bertz CT molecular complexity index is 917. The number of rotatable bonds is 4. The van der Waals surface area contributed by atoms with Gasteiger partial charge in [-0.05, 0) is 42.9 Å². The first-order valence-corrected chi connectivity index (χ1v) is 9.10. The smallest absolute Gasteiger partial charge is 0.278 e. The largest absolute Gasteiger partial charge is 0.492 e. The highest BCUT2D eigenvalue weighted by Gasteiger charge is 2.23. The van der Waals surface area contributed by atoms with E-state index in [9.17, 15) is 4.79 Å². The summed E-state index contributed by atoms with van der Waals surface area (Å²) in [7, 11) is 0. The average molecular weight is 341 g/mol. The average Bonchev–Trinajstić information content (AvgIpc) is 2.96. The Morgan fingerprint density at radius 3 is 3.00 bits per heavy atom. The second kappa shape index (κ2) is 6.36. The van der Waals surface area contributed by atoms with Crippen molar-refractivity contribution in [2.45, 2.75) is 32.7 Å². The van der Waals surface area contributed by atoms with Crippen LogP contribution in [0.2, 0.25) is 0 Å². The third-order valence-corrected chi connectivity index (χ3v) is 5.64. The van der Waals surface area contributed by atoms with Gasteiger partial charge in [0.2, 0.25) is 0 Å². The highest BCUT2D eigenvalue weighted by molar-refractivity contribution is 7.18. The quantitative estimate of drug-likeness (QED) is 0.732. The number of nitrogens with zero attached hydrogens (tertiary/aromatic N) is 3. The zero-order chi connectivity index (χ0) is 16.5. The monoisotopic (exact) mass is 341 g/mol.